The SMILES string of the molecule is CCCCCCCCCCCCOCCCCCCCCCCCC.[K]. The minimum Gasteiger partial charge on any atom is -0.381 e. The van der Waals surface area contributed by atoms with Crippen LogP contribution >= 0.6 is 0 Å². The molecule has 0 saturated heterocycles. The average molecular weight is 394 g/mol. The van der Waals surface area contributed by atoms with Gasteiger partial charge in [-0.2, -0.15) is 0 Å². The third kappa shape index (κ3) is 27.8. The van der Waals surface area contributed by atoms with Crippen molar-refractivity contribution in [2.45, 2.75) is 142 Å². The van der Waals surface area contributed by atoms with Crippen LogP contribution in [-0.4, -0.2) is 64.6 Å². The van der Waals surface area contributed by atoms with Gasteiger partial charge in [0.2, 0.25) is 0 Å². The van der Waals surface area contributed by atoms with E-state index in [9.17, 15) is 0 Å². The maximum Gasteiger partial charge on any atom is 0.0466 e. The minimum atomic E-state index is 0. The Morgan fingerprint density at radius 2 is 0.577 bits per heavy atom. The molecule has 153 valence electrons. The first-order valence-corrected chi connectivity index (χ1v) is 12.0. The summed E-state index contributed by atoms with van der Waals surface area (Å²) >= 11 is 0. The average Bonchev–Trinajstić information content (AvgIpc) is 2.63. The summed E-state index contributed by atoms with van der Waals surface area (Å²) in [5.41, 5.74) is 0. The minimum absolute atomic E-state index is 0. The van der Waals surface area contributed by atoms with Crippen LogP contribution in [0.4, 0.5) is 0 Å². The van der Waals surface area contributed by atoms with Gasteiger partial charge in [0, 0.05) is 64.6 Å². The fourth-order valence-electron chi connectivity index (χ4n) is 3.49. The third-order valence-corrected chi connectivity index (χ3v) is 5.28. The van der Waals surface area contributed by atoms with Gasteiger partial charge in [-0.3, -0.25) is 0 Å². The topological polar surface area (TPSA) is 9.23 Å². The zero-order chi connectivity index (χ0) is 18.3. The molecule has 0 aromatic heterocycles. The number of hydrogen-bond donors (Lipinski definition) is 0. The van der Waals surface area contributed by atoms with Gasteiger partial charge in [-0.15, -0.1) is 0 Å². The van der Waals surface area contributed by atoms with Gasteiger partial charge in [0.15, 0.2) is 0 Å². The fraction of sp³-hybridized carbons (Fsp3) is 1.00. The molecule has 0 aromatic rings. The van der Waals surface area contributed by atoms with Gasteiger partial charge in [-0.25, -0.2) is 0 Å². The number of unbranched alkanes of at least 4 members (excludes halogenated alkanes) is 18. The maximum atomic E-state index is 5.78. The van der Waals surface area contributed by atoms with Crippen LogP contribution in [0.15, 0.2) is 0 Å². The monoisotopic (exact) mass is 393 g/mol. The Balaban J connectivity index is 0. The van der Waals surface area contributed by atoms with Crippen LogP contribution in [0.1, 0.15) is 142 Å². The Morgan fingerprint density at radius 1 is 0.346 bits per heavy atom. The molecule has 0 atom stereocenters. The molecule has 1 nitrogen and oxygen atoms in total. The normalized spacial score (nSPS) is 10.8. The fourth-order valence-corrected chi connectivity index (χ4v) is 3.49. The predicted octanol–water partition coefficient (Wildman–Crippen LogP) is 8.46. The molecule has 0 spiro atoms. The van der Waals surface area contributed by atoms with Crippen LogP contribution in [0.2, 0.25) is 0 Å². The second kappa shape index (κ2) is 28.8. The van der Waals surface area contributed by atoms with Crippen LogP contribution in [0.25, 0.3) is 0 Å². The molecule has 0 rings (SSSR count). The van der Waals surface area contributed by atoms with Gasteiger partial charge in [0.25, 0.3) is 0 Å². The van der Waals surface area contributed by atoms with Gasteiger partial charge >= 0.3 is 0 Å². The largest absolute Gasteiger partial charge is 0.381 e. The molecule has 0 bridgehead atoms. The van der Waals surface area contributed by atoms with Crippen molar-refractivity contribution >= 4 is 51.4 Å². The van der Waals surface area contributed by atoms with E-state index in [2.05, 4.69) is 13.8 Å². The van der Waals surface area contributed by atoms with Crippen LogP contribution in [0.3, 0.4) is 0 Å². The van der Waals surface area contributed by atoms with Crippen LogP contribution in [0, 0.1) is 0 Å². The van der Waals surface area contributed by atoms with E-state index < -0.39 is 0 Å². The van der Waals surface area contributed by atoms with E-state index in [0.717, 1.165) is 13.2 Å². The summed E-state index contributed by atoms with van der Waals surface area (Å²) in [6, 6.07) is 0. The van der Waals surface area contributed by atoms with Gasteiger partial charge in [-0.05, 0) is 12.8 Å². The predicted molar refractivity (Wildman–Crippen MR) is 120 cm³/mol. The van der Waals surface area contributed by atoms with E-state index in [4.69, 9.17) is 4.74 Å². The van der Waals surface area contributed by atoms with Crippen molar-refractivity contribution in [1.29, 1.82) is 0 Å². The second-order valence-corrected chi connectivity index (χ2v) is 7.98. The van der Waals surface area contributed by atoms with E-state index in [1.807, 2.05) is 0 Å². The van der Waals surface area contributed by atoms with E-state index >= 15 is 0 Å². The molecule has 0 fully saturated rings. The standard InChI is InChI=1S/C24H50O.K/c1-3-5-7-9-11-13-15-17-19-21-23-25-24-22-20-18-16-14-12-10-8-6-4-2;/h3-24H2,1-2H3;. The Bertz CT molecular complexity index is 198. The first-order chi connectivity index (χ1) is 12.4. The molecule has 0 heterocycles. The molecule has 1 radical (unpaired) electrons. The number of ether oxygens (including phenoxy) is 1. The molecule has 0 aliphatic carbocycles. The quantitative estimate of drug-likeness (QED) is 0.132. The molecule has 0 amide bonds. The van der Waals surface area contributed by atoms with E-state index in [1.165, 1.54) is 128 Å². The van der Waals surface area contributed by atoms with Crippen molar-refractivity contribution in [3.8, 4) is 0 Å². The van der Waals surface area contributed by atoms with Crippen molar-refractivity contribution in [3.63, 3.8) is 0 Å². The Morgan fingerprint density at radius 3 is 0.846 bits per heavy atom. The van der Waals surface area contributed by atoms with E-state index in [1.54, 1.807) is 0 Å². The van der Waals surface area contributed by atoms with E-state index in [-0.39, 0.29) is 51.4 Å². The summed E-state index contributed by atoms with van der Waals surface area (Å²) in [5.74, 6) is 0. The molecule has 26 heavy (non-hydrogen) atoms. The summed E-state index contributed by atoms with van der Waals surface area (Å²) in [5, 5.41) is 0. The van der Waals surface area contributed by atoms with Gasteiger partial charge in [0.1, 0.15) is 0 Å². The zero-order valence-electron chi connectivity index (χ0n) is 19.0. The van der Waals surface area contributed by atoms with E-state index in [0.29, 0.717) is 0 Å². The van der Waals surface area contributed by atoms with Gasteiger partial charge < -0.3 is 4.74 Å². The molecule has 0 N–H and O–H groups in total. The number of rotatable bonds is 22. The molecule has 2 heteroatoms. The summed E-state index contributed by atoms with van der Waals surface area (Å²) in [7, 11) is 0. The number of hydrogen-bond acceptors (Lipinski definition) is 1. The van der Waals surface area contributed by atoms with Gasteiger partial charge in [-0.1, -0.05) is 129 Å². The van der Waals surface area contributed by atoms with Crippen molar-refractivity contribution in [2.24, 2.45) is 0 Å². The first kappa shape index (κ1) is 29.8. The van der Waals surface area contributed by atoms with Crippen LogP contribution < -0.4 is 0 Å². The van der Waals surface area contributed by atoms with Crippen molar-refractivity contribution in [2.75, 3.05) is 13.2 Å². The molecule has 0 unspecified atom stereocenters. The first-order valence-electron chi connectivity index (χ1n) is 12.0. The smallest absolute Gasteiger partial charge is 0.0466 e. The molecule has 0 saturated carbocycles. The summed E-state index contributed by atoms with van der Waals surface area (Å²) in [6.45, 7) is 6.57. The van der Waals surface area contributed by atoms with Crippen molar-refractivity contribution in [1.82, 2.24) is 0 Å². The summed E-state index contributed by atoms with van der Waals surface area (Å²) in [6.07, 6.45) is 28.2. The van der Waals surface area contributed by atoms with Crippen molar-refractivity contribution in [3.05, 3.63) is 0 Å². The Labute approximate surface area is 209 Å². The summed E-state index contributed by atoms with van der Waals surface area (Å²) in [4.78, 5) is 0. The van der Waals surface area contributed by atoms with Crippen LogP contribution in [0.5, 0.6) is 0 Å². The summed E-state index contributed by atoms with van der Waals surface area (Å²) < 4.78 is 5.78. The Hall–Kier alpha value is 1.60. The molecule has 0 aromatic carbocycles. The maximum absolute atomic E-state index is 5.78. The van der Waals surface area contributed by atoms with Crippen molar-refractivity contribution < 1.29 is 4.74 Å². The molecule has 0 aliphatic rings. The van der Waals surface area contributed by atoms with Gasteiger partial charge in [0.05, 0.1) is 0 Å². The second-order valence-electron chi connectivity index (χ2n) is 7.98. The van der Waals surface area contributed by atoms with Crippen LogP contribution in [-0.2, 0) is 4.74 Å². The zero-order valence-corrected chi connectivity index (χ0v) is 22.1. The third-order valence-electron chi connectivity index (χ3n) is 5.28. The molecular weight excluding hydrogens is 343 g/mol. The molecule has 0 aliphatic heterocycles. The Kier molecular flexibility index (Phi) is 33.0. The molecular formula is C24H50KO.